The van der Waals surface area contributed by atoms with Crippen molar-refractivity contribution in [1.29, 1.82) is 0 Å². The number of aliphatic hydroxyl groups is 1. The van der Waals surface area contributed by atoms with E-state index in [-0.39, 0.29) is 46.8 Å². The Hall–Kier alpha value is -2.86. The number of rotatable bonds is 9. The van der Waals surface area contributed by atoms with Gasteiger partial charge in [-0.25, -0.2) is 8.42 Å². The van der Waals surface area contributed by atoms with Gasteiger partial charge in [-0.3, -0.25) is 14.4 Å². The number of sulfonamides is 1. The third-order valence-electron chi connectivity index (χ3n) is 8.56. The van der Waals surface area contributed by atoms with Gasteiger partial charge < -0.3 is 19.5 Å². The molecular formula is C36H47Cl2N3O6S. The van der Waals surface area contributed by atoms with Gasteiger partial charge >= 0.3 is 0 Å². The van der Waals surface area contributed by atoms with Crippen LogP contribution in [-0.2, 0) is 21.3 Å². The first-order valence-electron chi connectivity index (χ1n) is 16.3. The number of amides is 1. The van der Waals surface area contributed by atoms with Gasteiger partial charge in [-0.2, -0.15) is 0 Å². The zero-order valence-electron chi connectivity index (χ0n) is 28.3. The van der Waals surface area contributed by atoms with E-state index in [9.17, 15) is 18.3 Å². The molecule has 1 aliphatic rings. The van der Waals surface area contributed by atoms with Crippen molar-refractivity contribution in [3.8, 4) is 5.75 Å². The summed E-state index contributed by atoms with van der Waals surface area (Å²) in [6.07, 6.45) is 2.03. The van der Waals surface area contributed by atoms with Gasteiger partial charge in [0.05, 0.1) is 45.4 Å². The van der Waals surface area contributed by atoms with Gasteiger partial charge in [0, 0.05) is 37.8 Å². The van der Waals surface area contributed by atoms with Gasteiger partial charge in [-0.1, -0.05) is 53.9 Å². The van der Waals surface area contributed by atoms with E-state index in [4.69, 9.17) is 32.7 Å². The molecule has 0 fully saturated rings. The molecule has 262 valence electrons. The topological polar surface area (TPSA) is 108 Å². The second-order valence-electron chi connectivity index (χ2n) is 12.9. The van der Waals surface area contributed by atoms with Gasteiger partial charge in [-0.15, -0.1) is 0 Å². The van der Waals surface area contributed by atoms with Crippen LogP contribution in [0.1, 0.15) is 61.5 Å². The summed E-state index contributed by atoms with van der Waals surface area (Å²) < 4.78 is 41.8. The standard InChI is InChI=1S/C36H47Cl2N3O6S/c1-24-9-13-30(14-10-24)48(44,45)39-29-12-16-34-31(19-29)36(43)41(26(3)23-42)20-25(2)35(46-17-7-6-8-27(4)47-34)22-40(5)21-28-11-15-32(37)33(38)18-28/h9-16,18-19,25-27,35,39,42H,6-8,17,20-23H2,1-5H3/t25-,26-,27-,35+/m1/s1. The SMILES string of the molecule is Cc1ccc(S(=O)(=O)Nc2ccc3c(c2)C(=O)N([C@H](C)CO)C[C@@H](C)[C@H](CN(C)Cc2ccc(Cl)c(Cl)c2)OCCCC[C@@H](C)O3)cc1. The van der Waals surface area contributed by atoms with Crippen molar-refractivity contribution in [1.82, 2.24) is 9.80 Å². The van der Waals surface area contributed by atoms with Gasteiger partial charge in [0.25, 0.3) is 15.9 Å². The lowest BCUT2D eigenvalue weighted by molar-refractivity contribution is -0.0177. The molecule has 0 spiro atoms. The summed E-state index contributed by atoms with van der Waals surface area (Å²) in [7, 11) is -1.90. The van der Waals surface area contributed by atoms with Crippen LogP contribution in [0.5, 0.6) is 5.75 Å². The highest BCUT2D eigenvalue weighted by atomic mass is 35.5. The number of hydrogen-bond acceptors (Lipinski definition) is 7. The fourth-order valence-corrected chi connectivity index (χ4v) is 7.07. The maximum absolute atomic E-state index is 14.4. The van der Waals surface area contributed by atoms with Crippen LogP contribution >= 0.6 is 23.2 Å². The minimum atomic E-state index is -3.91. The first-order valence-corrected chi connectivity index (χ1v) is 18.6. The number of halogens is 2. The minimum absolute atomic E-state index is 0.115. The molecule has 2 N–H and O–H groups in total. The highest BCUT2D eigenvalue weighted by Crippen LogP contribution is 2.30. The lowest BCUT2D eigenvalue weighted by Crippen LogP contribution is -2.47. The molecule has 3 aromatic carbocycles. The van der Waals surface area contributed by atoms with E-state index in [1.54, 1.807) is 54.3 Å². The Labute approximate surface area is 295 Å². The molecule has 12 heteroatoms. The van der Waals surface area contributed by atoms with E-state index in [1.165, 1.54) is 6.07 Å². The molecule has 4 atom stereocenters. The Morgan fingerprint density at radius 3 is 2.46 bits per heavy atom. The number of carbonyl (C=O) groups excluding carboxylic acids is 1. The summed E-state index contributed by atoms with van der Waals surface area (Å²) >= 11 is 12.4. The van der Waals surface area contributed by atoms with Crippen molar-refractivity contribution in [3.63, 3.8) is 0 Å². The maximum Gasteiger partial charge on any atom is 0.261 e. The second-order valence-corrected chi connectivity index (χ2v) is 15.4. The number of ether oxygens (including phenoxy) is 2. The molecule has 0 unspecified atom stereocenters. The van der Waals surface area contributed by atoms with Crippen LogP contribution in [0.3, 0.4) is 0 Å². The molecule has 0 aliphatic carbocycles. The smallest absolute Gasteiger partial charge is 0.261 e. The average molecular weight is 721 g/mol. The third kappa shape index (κ3) is 10.3. The first kappa shape index (κ1) is 38.0. The fraction of sp³-hybridized carbons (Fsp3) is 0.472. The van der Waals surface area contributed by atoms with Gasteiger partial charge in [0.15, 0.2) is 0 Å². The summed E-state index contributed by atoms with van der Waals surface area (Å²) in [4.78, 5) is 18.3. The molecule has 48 heavy (non-hydrogen) atoms. The molecule has 9 nitrogen and oxygen atoms in total. The number of benzene rings is 3. The molecule has 3 aromatic rings. The molecule has 0 bridgehead atoms. The van der Waals surface area contributed by atoms with Crippen LogP contribution in [0.25, 0.3) is 0 Å². The molecule has 1 aliphatic heterocycles. The fourth-order valence-electron chi connectivity index (χ4n) is 5.70. The Morgan fingerprint density at radius 2 is 1.77 bits per heavy atom. The molecule has 0 radical (unpaired) electrons. The number of aryl methyl sites for hydroxylation is 1. The van der Waals surface area contributed by atoms with E-state index >= 15 is 0 Å². The Bertz CT molecular complexity index is 1640. The molecule has 0 aromatic heterocycles. The molecule has 1 heterocycles. The summed E-state index contributed by atoms with van der Waals surface area (Å²) in [6.45, 7) is 9.48. The van der Waals surface area contributed by atoms with E-state index < -0.39 is 16.1 Å². The van der Waals surface area contributed by atoms with Crippen molar-refractivity contribution in [2.75, 3.05) is 38.1 Å². The number of fused-ring (bicyclic) bond motifs is 1. The molecule has 4 rings (SSSR count). The minimum Gasteiger partial charge on any atom is -0.490 e. The van der Waals surface area contributed by atoms with Gasteiger partial charge in [-0.05, 0) is 95.1 Å². The molecular weight excluding hydrogens is 673 g/mol. The predicted molar refractivity (Wildman–Crippen MR) is 192 cm³/mol. The van der Waals surface area contributed by atoms with Crippen LogP contribution < -0.4 is 9.46 Å². The number of aliphatic hydroxyl groups excluding tert-OH is 1. The molecule has 1 amide bonds. The Balaban J connectivity index is 1.63. The monoisotopic (exact) mass is 719 g/mol. The largest absolute Gasteiger partial charge is 0.490 e. The van der Waals surface area contributed by atoms with Crippen LogP contribution in [-0.4, -0.2) is 80.8 Å². The number of likely N-dealkylation sites (N-methyl/N-ethyl adjacent to an activating group) is 1. The van der Waals surface area contributed by atoms with Gasteiger partial charge in [0.2, 0.25) is 0 Å². The van der Waals surface area contributed by atoms with Crippen LogP contribution in [0.4, 0.5) is 5.69 Å². The van der Waals surface area contributed by atoms with E-state index in [0.29, 0.717) is 42.0 Å². The molecule has 0 saturated carbocycles. The van der Waals surface area contributed by atoms with E-state index in [0.717, 1.165) is 30.4 Å². The van der Waals surface area contributed by atoms with Crippen LogP contribution in [0, 0.1) is 12.8 Å². The Morgan fingerprint density at radius 1 is 1.04 bits per heavy atom. The summed E-state index contributed by atoms with van der Waals surface area (Å²) in [5, 5.41) is 11.3. The summed E-state index contributed by atoms with van der Waals surface area (Å²) in [6, 6.07) is 16.4. The number of nitrogens with zero attached hydrogens (tertiary/aromatic N) is 2. The highest BCUT2D eigenvalue weighted by molar-refractivity contribution is 7.92. The number of nitrogens with one attached hydrogen (secondary N) is 1. The van der Waals surface area contributed by atoms with E-state index in [1.807, 2.05) is 40.0 Å². The van der Waals surface area contributed by atoms with Crippen molar-refractivity contribution in [3.05, 3.63) is 87.4 Å². The van der Waals surface area contributed by atoms with Crippen LogP contribution in [0.15, 0.2) is 65.6 Å². The zero-order chi connectivity index (χ0) is 35.0. The van der Waals surface area contributed by atoms with Gasteiger partial charge in [0.1, 0.15) is 5.75 Å². The molecule has 0 saturated heterocycles. The quantitative estimate of drug-likeness (QED) is 0.245. The normalized spacial score (nSPS) is 20.5. The summed E-state index contributed by atoms with van der Waals surface area (Å²) in [5.41, 5.74) is 2.40. The Kier molecular flexibility index (Phi) is 13.6. The van der Waals surface area contributed by atoms with Crippen molar-refractivity contribution in [2.24, 2.45) is 5.92 Å². The first-order chi connectivity index (χ1) is 22.8. The maximum atomic E-state index is 14.4. The number of anilines is 1. The predicted octanol–water partition coefficient (Wildman–Crippen LogP) is 7.03. The van der Waals surface area contributed by atoms with Crippen molar-refractivity contribution < 1.29 is 27.8 Å². The average Bonchev–Trinajstić information content (AvgIpc) is 3.04. The van der Waals surface area contributed by atoms with Crippen molar-refractivity contribution >= 4 is 44.8 Å². The van der Waals surface area contributed by atoms with Crippen LogP contribution in [0.2, 0.25) is 10.0 Å². The second kappa shape index (κ2) is 17.2. The van der Waals surface area contributed by atoms with E-state index in [2.05, 4.69) is 9.62 Å². The lowest BCUT2D eigenvalue weighted by Gasteiger charge is -2.36. The third-order valence-corrected chi connectivity index (χ3v) is 10.7. The lowest BCUT2D eigenvalue weighted by atomic mass is 10.0. The zero-order valence-corrected chi connectivity index (χ0v) is 30.6. The summed E-state index contributed by atoms with van der Waals surface area (Å²) in [5.74, 6) is -0.129. The van der Waals surface area contributed by atoms with Crippen molar-refractivity contribution in [2.45, 2.75) is 76.6 Å². The number of hydrogen-bond donors (Lipinski definition) is 2. The highest BCUT2D eigenvalue weighted by Gasteiger charge is 2.31. The number of carbonyl (C=O) groups is 1.